The molecule has 0 saturated carbocycles. The highest BCUT2D eigenvalue weighted by Gasteiger charge is 2.24. The zero-order chi connectivity index (χ0) is 24.1. The molecule has 176 valence electrons. The van der Waals surface area contributed by atoms with Crippen molar-refractivity contribution in [2.75, 3.05) is 0 Å². The van der Waals surface area contributed by atoms with E-state index in [9.17, 15) is 23.8 Å². The number of aliphatic hydroxyl groups is 2. The lowest BCUT2D eigenvalue weighted by Gasteiger charge is -2.16. The first-order valence-electron chi connectivity index (χ1n) is 10.9. The Morgan fingerprint density at radius 3 is 2.09 bits per heavy atom. The topological polar surface area (TPSA) is 95.6 Å². The number of carboxylic acids is 1. The molecule has 3 N–H and O–H groups in total. The first kappa shape index (κ1) is 24.5. The Hall–Kier alpha value is -3.10. The molecule has 0 aliphatic carbocycles. The van der Waals surface area contributed by atoms with Gasteiger partial charge in [0.15, 0.2) is 0 Å². The van der Waals surface area contributed by atoms with Crippen LogP contribution < -0.4 is 0 Å². The zero-order valence-electron chi connectivity index (χ0n) is 18.6. The molecule has 0 saturated heterocycles. The second-order valence-corrected chi connectivity index (χ2v) is 8.44. The maximum atomic E-state index is 13.5. The van der Waals surface area contributed by atoms with Gasteiger partial charge in [0.25, 0.3) is 0 Å². The highest BCUT2D eigenvalue weighted by molar-refractivity contribution is 5.67. The summed E-state index contributed by atoms with van der Waals surface area (Å²) >= 11 is 0. The molecule has 0 amide bonds. The van der Waals surface area contributed by atoms with Gasteiger partial charge in [-0.25, -0.2) is 13.5 Å². The lowest BCUT2D eigenvalue weighted by molar-refractivity contribution is -0.139. The van der Waals surface area contributed by atoms with Crippen LogP contribution in [0.2, 0.25) is 0 Å². The fraction of sp³-hybridized carbons (Fsp3) is 0.360. The smallest absolute Gasteiger partial charge is 0.305 e. The quantitative estimate of drug-likeness (QED) is 0.417. The number of aromatic nitrogens is 2. The van der Waals surface area contributed by atoms with Crippen molar-refractivity contribution in [1.29, 1.82) is 0 Å². The predicted molar refractivity (Wildman–Crippen MR) is 120 cm³/mol. The number of carbonyl (C=O) groups is 1. The summed E-state index contributed by atoms with van der Waals surface area (Å²) in [7, 11) is 0. The maximum Gasteiger partial charge on any atom is 0.305 e. The van der Waals surface area contributed by atoms with Gasteiger partial charge < -0.3 is 15.3 Å². The molecule has 1 aromatic heterocycles. The molecule has 0 aliphatic rings. The van der Waals surface area contributed by atoms with Crippen molar-refractivity contribution in [3.8, 4) is 16.9 Å². The van der Waals surface area contributed by atoms with E-state index in [1.165, 1.54) is 24.3 Å². The Kier molecular flexibility index (Phi) is 7.94. The van der Waals surface area contributed by atoms with Gasteiger partial charge in [0.2, 0.25) is 0 Å². The summed E-state index contributed by atoms with van der Waals surface area (Å²) < 4.78 is 28.8. The highest BCUT2D eigenvalue weighted by atomic mass is 19.1. The summed E-state index contributed by atoms with van der Waals surface area (Å²) in [6.07, 6.45) is -1.85. The number of hydrogen-bond donors (Lipinski definition) is 3. The molecule has 33 heavy (non-hydrogen) atoms. The Morgan fingerprint density at radius 1 is 0.970 bits per heavy atom. The predicted octanol–water partition coefficient (Wildman–Crippen LogP) is 4.46. The summed E-state index contributed by atoms with van der Waals surface area (Å²) in [5.41, 5.74) is 3.73. The summed E-state index contributed by atoms with van der Waals surface area (Å²) in [5, 5.41) is 33.8. The SMILES string of the molecule is CC(C)c1c(CCC(O)CC(O)CC(=O)O)c(-c2ccc(F)cc2)nn1-c1ccc(F)cc1. The molecule has 0 aliphatic heterocycles. The third-order valence-corrected chi connectivity index (χ3v) is 5.44. The summed E-state index contributed by atoms with van der Waals surface area (Å²) in [6, 6.07) is 11.9. The highest BCUT2D eigenvalue weighted by Crippen LogP contribution is 2.33. The average Bonchev–Trinajstić information content (AvgIpc) is 3.12. The van der Waals surface area contributed by atoms with Crippen molar-refractivity contribution in [3.63, 3.8) is 0 Å². The number of hydrogen-bond acceptors (Lipinski definition) is 4. The number of nitrogens with zero attached hydrogens (tertiary/aromatic N) is 2. The van der Waals surface area contributed by atoms with Crippen LogP contribution in [0.3, 0.4) is 0 Å². The first-order valence-corrected chi connectivity index (χ1v) is 10.9. The second-order valence-electron chi connectivity index (χ2n) is 8.44. The van der Waals surface area contributed by atoms with Crippen LogP contribution in [0.5, 0.6) is 0 Å². The van der Waals surface area contributed by atoms with Crippen LogP contribution in [0.1, 0.15) is 50.3 Å². The van der Waals surface area contributed by atoms with E-state index >= 15 is 0 Å². The minimum atomic E-state index is -1.14. The van der Waals surface area contributed by atoms with Crippen molar-refractivity contribution in [2.24, 2.45) is 0 Å². The average molecular weight is 459 g/mol. The largest absolute Gasteiger partial charge is 0.481 e. The van der Waals surface area contributed by atoms with E-state index in [0.717, 1.165) is 11.3 Å². The maximum absolute atomic E-state index is 13.5. The Morgan fingerprint density at radius 2 is 1.55 bits per heavy atom. The molecule has 0 bridgehead atoms. The van der Waals surface area contributed by atoms with Gasteiger partial charge in [0.05, 0.1) is 35.7 Å². The van der Waals surface area contributed by atoms with Crippen molar-refractivity contribution < 1.29 is 28.9 Å². The Bertz CT molecular complexity index is 1080. The van der Waals surface area contributed by atoms with Gasteiger partial charge in [-0.1, -0.05) is 13.8 Å². The fourth-order valence-corrected chi connectivity index (χ4v) is 3.95. The number of benzene rings is 2. The fourth-order valence-electron chi connectivity index (χ4n) is 3.95. The van der Waals surface area contributed by atoms with Crippen LogP contribution in [0.25, 0.3) is 16.9 Å². The molecule has 0 spiro atoms. The van der Waals surface area contributed by atoms with Gasteiger partial charge in [-0.05, 0) is 73.7 Å². The molecule has 2 unspecified atom stereocenters. The van der Waals surface area contributed by atoms with E-state index in [4.69, 9.17) is 10.2 Å². The number of aliphatic hydroxyl groups excluding tert-OH is 2. The van der Waals surface area contributed by atoms with Crippen LogP contribution in [0.15, 0.2) is 48.5 Å². The van der Waals surface area contributed by atoms with Crippen LogP contribution in [-0.2, 0) is 11.2 Å². The van der Waals surface area contributed by atoms with Gasteiger partial charge >= 0.3 is 5.97 Å². The number of halogens is 2. The Labute approximate surface area is 191 Å². The van der Waals surface area contributed by atoms with Gasteiger partial charge in [0.1, 0.15) is 11.6 Å². The lowest BCUT2D eigenvalue weighted by atomic mass is 9.94. The molecule has 1 heterocycles. The van der Waals surface area contributed by atoms with Crippen molar-refractivity contribution in [1.82, 2.24) is 9.78 Å². The molecule has 0 fully saturated rings. The summed E-state index contributed by atoms with van der Waals surface area (Å²) in [6.45, 7) is 4.00. The van der Waals surface area contributed by atoms with E-state index in [-0.39, 0.29) is 30.4 Å². The molecule has 2 atom stereocenters. The van der Waals surface area contributed by atoms with Crippen molar-refractivity contribution in [3.05, 3.63) is 71.4 Å². The molecular weight excluding hydrogens is 430 g/mol. The molecule has 0 radical (unpaired) electrons. The van der Waals surface area contributed by atoms with Crippen LogP contribution >= 0.6 is 0 Å². The van der Waals surface area contributed by atoms with Crippen molar-refractivity contribution >= 4 is 5.97 Å². The van der Waals surface area contributed by atoms with Crippen LogP contribution in [-0.4, -0.2) is 43.3 Å². The van der Waals surface area contributed by atoms with Crippen LogP contribution in [0.4, 0.5) is 8.78 Å². The summed E-state index contributed by atoms with van der Waals surface area (Å²) in [5.74, 6) is -1.83. The molecule has 3 aromatic rings. The van der Waals surface area contributed by atoms with Crippen LogP contribution in [0, 0.1) is 11.6 Å². The van der Waals surface area contributed by atoms with E-state index in [2.05, 4.69) is 0 Å². The van der Waals surface area contributed by atoms with Gasteiger partial charge in [-0.3, -0.25) is 4.79 Å². The number of aliphatic carboxylic acids is 1. The normalized spacial score (nSPS) is 13.3. The first-order chi connectivity index (χ1) is 15.7. The molecule has 6 nitrogen and oxygen atoms in total. The number of carboxylic acid groups (broad SMARTS) is 1. The molecule has 3 rings (SSSR count). The van der Waals surface area contributed by atoms with E-state index in [1.54, 1.807) is 28.9 Å². The van der Waals surface area contributed by atoms with Gasteiger partial charge in [0, 0.05) is 11.1 Å². The minimum absolute atomic E-state index is 0.0292. The Balaban J connectivity index is 1.99. The molecule has 2 aromatic carbocycles. The third-order valence-electron chi connectivity index (χ3n) is 5.44. The van der Waals surface area contributed by atoms with E-state index < -0.39 is 24.6 Å². The molecule has 8 heteroatoms. The standard InChI is InChI=1S/C25H28F2N2O4/c1-15(2)25-22(12-11-20(30)13-21(31)14-23(32)33)24(16-3-5-17(26)6-4-16)28-29(25)19-9-7-18(27)8-10-19/h3-10,15,20-21,30-31H,11-14H2,1-2H3,(H,32,33). The monoisotopic (exact) mass is 458 g/mol. The molecular formula is C25H28F2N2O4. The number of rotatable bonds is 10. The van der Waals surface area contributed by atoms with Crippen molar-refractivity contribution in [2.45, 2.75) is 57.7 Å². The van der Waals surface area contributed by atoms with E-state index in [0.29, 0.717) is 23.4 Å². The van der Waals surface area contributed by atoms with E-state index in [1.807, 2.05) is 13.8 Å². The van der Waals surface area contributed by atoms with Gasteiger partial charge in [-0.2, -0.15) is 5.10 Å². The lowest BCUT2D eigenvalue weighted by Crippen LogP contribution is -2.21. The second kappa shape index (κ2) is 10.7. The third kappa shape index (κ3) is 6.24. The minimum Gasteiger partial charge on any atom is -0.481 e. The summed E-state index contributed by atoms with van der Waals surface area (Å²) in [4.78, 5) is 10.8. The zero-order valence-corrected chi connectivity index (χ0v) is 18.6. The van der Waals surface area contributed by atoms with Gasteiger partial charge in [-0.15, -0.1) is 0 Å².